The lowest BCUT2D eigenvalue weighted by Crippen LogP contribution is -2.27. The van der Waals surface area contributed by atoms with Gasteiger partial charge >= 0.3 is 11.9 Å². The lowest BCUT2D eigenvalue weighted by Gasteiger charge is -2.21. The summed E-state index contributed by atoms with van der Waals surface area (Å²) in [7, 11) is 2.75. The third-order valence-corrected chi connectivity index (χ3v) is 3.36. The Labute approximate surface area is 129 Å². The van der Waals surface area contributed by atoms with Gasteiger partial charge in [0.05, 0.1) is 18.3 Å². The zero-order valence-corrected chi connectivity index (χ0v) is 12.6. The normalized spacial score (nSPS) is 17.3. The van der Waals surface area contributed by atoms with Crippen molar-refractivity contribution >= 4 is 11.9 Å². The maximum Gasteiger partial charge on any atom is 0.337 e. The molecular weight excluding hydrogens is 284 g/mol. The molecule has 0 fully saturated rings. The average Bonchev–Trinajstić information content (AvgIpc) is 2.59. The number of hydrogen-bond donors (Lipinski definition) is 0. The van der Waals surface area contributed by atoms with Crippen LogP contribution in [-0.2, 0) is 30.4 Å². The van der Waals surface area contributed by atoms with Crippen molar-refractivity contribution < 1.29 is 23.8 Å². The van der Waals surface area contributed by atoms with E-state index in [2.05, 4.69) is 0 Å². The molecule has 0 saturated carbocycles. The van der Waals surface area contributed by atoms with Crippen molar-refractivity contribution in [1.82, 2.24) is 0 Å². The van der Waals surface area contributed by atoms with Crippen LogP contribution >= 0.6 is 0 Å². The number of methoxy groups -OCH3 is 2. The third kappa shape index (κ3) is 3.62. The van der Waals surface area contributed by atoms with E-state index in [9.17, 15) is 9.59 Å². The second kappa shape index (κ2) is 7.56. The summed E-state index contributed by atoms with van der Waals surface area (Å²) >= 11 is 0. The van der Waals surface area contributed by atoms with Gasteiger partial charge in [-0.25, -0.2) is 9.59 Å². The predicted molar refractivity (Wildman–Crippen MR) is 79.8 cm³/mol. The highest BCUT2D eigenvalue weighted by Crippen LogP contribution is 2.24. The van der Waals surface area contributed by atoms with Gasteiger partial charge in [-0.2, -0.15) is 0 Å². The van der Waals surface area contributed by atoms with Gasteiger partial charge in [0, 0.05) is 7.11 Å². The SMILES string of the molecule is COC(=O)C1=C(C(=O)OCc2ccccc2)[C@@H](OC)C=CC1. The molecule has 0 radical (unpaired) electrons. The third-order valence-electron chi connectivity index (χ3n) is 3.36. The molecule has 1 aliphatic carbocycles. The first-order chi connectivity index (χ1) is 10.7. The molecule has 22 heavy (non-hydrogen) atoms. The van der Waals surface area contributed by atoms with E-state index >= 15 is 0 Å². The molecule has 0 saturated heterocycles. The Bertz CT molecular complexity index is 601. The van der Waals surface area contributed by atoms with Crippen molar-refractivity contribution in [3.8, 4) is 0 Å². The van der Waals surface area contributed by atoms with E-state index in [0.29, 0.717) is 6.42 Å². The molecule has 0 aliphatic heterocycles. The minimum Gasteiger partial charge on any atom is -0.466 e. The highest BCUT2D eigenvalue weighted by Gasteiger charge is 2.30. The van der Waals surface area contributed by atoms with Crippen LogP contribution in [0.1, 0.15) is 12.0 Å². The van der Waals surface area contributed by atoms with Crippen molar-refractivity contribution in [2.45, 2.75) is 19.1 Å². The fourth-order valence-corrected chi connectivity index (χ4v) is 2.24. The number of esters is 2. The van der Waals surface area contributed by atoms with Crippen LogP contribution in [0, 0.1) is 0 Å². The van der Waals surface area contributed by atoms with E-state index < -0.39 is 18.0 Å². The van der Waals surface area contributed by atoms with E-state index in [1.54, 1.807) is 12.2 Å². The summed E-state index contributed by atoms with van der Waals surface area (Å²) in [5.74, 6) is -1.11. The molecule has 5 nitrogen and oxygen atoms in total. The van der Waals surface area contributed by atoms with Crippen LogP contribution in [0.5, 0.6) is 0 Å². The van der Waals surface area contributed by atoms with Gasteiger partial charge in [-0.05, 0) is 12.0 Å². The van der Waals surface area contributed by atoms with Gasteiger partial charge in [0.1, 0.15) is 12.7 Å². The zero-order chi connectivity index (χ0) is 15.9. The van der Waals surface area contributed by atoms with Gasteiger partial charge < -0.3 is 14.2 Å². The van der Waals surface area contributed by atoms with Crippen molar-refractivity contribution in [3.05, 3.63) is 59.2 Å². The van der Waals surface area contributed by atoms with Gasteiger partial charge in [-0.3, -0.25) is 0 Å². The first kappa shape index (κ1) is 16.0. The zero-order valence-electron chi connectivity index (χ0n) is 12.6. The van der Waals surface area contributed by atoms with Crippen LogP contribution in [0.15, 0.2) is 53.6 Å². The standard InChI is InChI=1S/C17H18O5/c1-20-14-10-6-9-13(16(18)21-2)15(14)17(19)22-11-12-7-4-3-5-8-12/h3-8,10,14H,9,11H2,1-2H3/t14-/m0/s1. The van der Waals surface area contributed by atoms with Gasteiger partial charge in [-0.15, -0.1) is 0 Å². The maximum atomic E-state index is 12.4. The molecule has 0 unspecified atom stereocenters. The lowest BCUT2D eigenvalue weighted by atomic mass is 9.94. The summed E-state index contributed by atoms with van der Waals surface area (Å²) in [4.78, 5) is 24.2. The molecule has 1 aromatic rings. The van der Waals surface area contributed by atoms with Crippen molar-refractivity contribution in [2.24, 2.45) is 0 Å². The first-order valence-electron chi connectivity index (χ1n) is 6.89. The van der Waals surface area contributed by atoms with Crippen molar-refractivity contribution in [2.75, 3.05) is 14.2 Å². The number of rotatable bonds is 5. The molecule has 0 aromatic heterocycles. The Hall–Kier alpha value is -2.40. The van der Waals surface area contributed by atoms with E-state index in [1.807, 2.05) is 30.3 Å². The molecule has 1 aromatic carbocycles. The minimum atomic E-state index is -0.605. The Morgan fingerprint density at radius 2 is 1.86 bits per heavy atom. The minimum absolute atomic E-state index is 0.137. The number of carbonyl (C=O) groups excluding carboxylic acids is 2. The lowest BCUT2D eigenvalue weighted by molar-refractivity contribution is -0.143. The molecule has 0 heterocycles. The monoisotopic (exact) mass is 302 g/mol. The van der Waals surface area contributed by atoms with E-state index in [-0.39, 0.29) is 17.8 Å². The molecule has 1 atom stereocenters. The summed E-state index contributed by atoms with van der Waals surface area (Å²) in [5.41, 5.74) is 1.35. The van der Waals surface area contributed by atoms with E-state index in [0.717, 1.165) is 5.56 Å². The molecule has 0 N–H and O–H groups in total. The Kier molecular flexibility index (Phi) is 5.49. The molecular formula is C17H18O5. The number of benzene rings is 1. The second-order valence-corrected chi connectivity index (χ2v) is 4.73. The molecule has 2 rings (SSSR count). The van der Waals surface area contributed by atoms with Gasteiger partial charge in [-0.1, -0.05) is 42.5 Å². The van der Waals surface area contributed by atoms with Crippen LogP contribution in [0.3, 0.4) is 0 Å². The number of carbonyl (C=O) groups is 2. The number of hydrogen-bond acceptors (Lipinski definition) is 5. The quantitative estimate of drug-likeness (QED) is 0.616. The van der Waals surface area contributed by atoms with Crippen LogP contribution in [0.4, 0.5) is 0 Å². The predicted octanol–water partition coefficient (Wildman–Crippen LogP) is 2.17. The van der Waals surface area contributed by atoms with Crippen LogP contribution < -0.4 is 0 Å². The van der Waals surface area contributed by atoms with Gasteiger partial charge in [0.25, 0.3) is 0 Å². The fraction of sp³-hybridized carbons (Fsp3) is 0.294. The summed E-state index contributed by atoms with van der Waals surface area (Å²) < 4.78 is 15.3. The van der Waals surface area contributed by atoms with Crippen molar-refractivity contribution in [1.29, 1.82) is 0 Å². The van der Waals surface area contributed by atoms with Gasteiger partial charge in [0.2, 0.25) is 0 Å². The topological polar surface area (TPSA) is 61.8 Å². The van der Waals surface area contributed by atoms with E-state index in [4.69, 9.17) is 14.2 Å². The molecule has 116 valence electrons. The fourth-order valence-electron chi connectivity index (χ4n) is 2.24. The smallest absolute Gasteiger partial charge is 0.337 e. The molecule has 0 bridgehead atoms. The largest absolute Gasteiger partial charge is 0.466 e. The average molecular weight is 302 g/mol. The molecule has 1 aliphatic rings. The summed E-state index contributed by atoms with van der Waals surface area (Å²) in [6.45, 7) is 0.137. The highest BCUT2D eigenvalue weighted by atomic mass is 16.5. The number of ether oxygens (including phenoxy) is 3. The summed E-state index contributed by atoms with van der Waals surface area (Å²) in [5, 5.41) is 0. The highest BCUT2D eigenvalue weighted by molar-refractivity contribution is 6.02. The summed E-state index contributed by atoms with van der Waals surface area (Å²) in [6, 6.07) is 9.33. The first-order valence-corrected chi connectivity index (χ1v) is 6.89. The van der Waals surface area contributed by atoms with E-state index in [1.165, 1.54) is 14.2 Å². The summed E-state index contributed by atoms with van der Waals surface area (Å²) in [6.07, 6.45) is 3.22. The Morgan fingerprint density at radius 1 is 1.14 bits per heavy atom. The van der Waals surface area contributed by atoms with Crippen LogP contribution in [0.2, 0.25) is 0 Å². The van der Waals surface area contributed by atoms with Gasteiger partial charge in [0.15, 0.2) is 0 Å². The molecule has 0 amide bonds. The van der Waals surface area contributed by atoms with Crippen LogP contribution in [-0.4, -0.2) is 32.3 Å². The number of allylic oxidation sites excluding steroid dienone is 1. The van der Waals surface area contributed by atoms with Crippen LogP contribution in [0.25, 0.3) is 0 Å². The Balaban J connectivity index is 2.18. The second-order valence-electron chi connectivity index (χ2n) is 4.73. The maximum absolute atomic E-state index is 12.4. The van der Waals surface area contributed by atoms with Crippen molar-refractivity contribution in [3.63, 3.8) is 0 Å². The molecule has 0 spiro atoms. The molecule has 5 heteroatoms. The Morgan fingerprint density at radius 3 is 2.50 bits per heavy atom.